The van der Waals surface area contributed by atoms with Crippen LogP contribution in [0, 0.1) is 11.6 Å². The Bertz CT molecular complexity index is 1530. The minimum atomic E-state index is -0.877. The number of fused-ring (bicyclic) bond motifs is 1. The monoisotopic (exact) mass is 436 g/mol. The van der Waals surface area contributed by atoms with Gasteiger partial charge in [-0.2, -0.15) is 0 Å². The third kappa shape index (κ3) is 3.05. The van der Waals surface area contributed by atoms with Crippen LogP contribution in [0.4, 0.5) is 20.2 Å². The quantitative estimate of drug-likeness (QED) is 0.533. The fourth-order valence-electron chi connectivity index (χ4n) is 3.88. The average molecular weight is 436 g/mol. The number of hydrogen-bond acceptors (Lipinski definition) is 4. The molecule has 9 heteroatoms. The Morgan fingerprint density at radius 1 is 0.938 bits per heavy atom. The molecule has 0 saturated heterocycles. The van der Waals surface area contributed by atoms with E-state index in [1.54, 1.807) is 30.3 Å². The molecule has 162 valence electrons. The summed E-state index contributed by atoms with van der Waals surface area (Å²) in [5.74, 6) is -1.75. The van der Waals surface area contributed by atoms with Crippen LogP contribution >= 0.6 is 0 Å². The van der Waals surface area contributed by atoms with Gasteiger partial charge in [-0.25, -0.2) is 18.1 Å². The van der Waals surface area contributed by atoms with Crippen LogP contribution in [0.2, 0.25) is 0 Å². The summed E-state index contributed by atoms with van der Waals surface area (Å²) in [6.45, 7) is 0. The van der Waals surface area contributed by atoms with Gasteiger partial charge < -0.3 is 5.32 Å². The third-order valence-corrected chi connectivity index (χ3v) is 5.60. The van der Waals surface area contributed by atoms with E-state index in [1.165, 1.54) is 22.2 Å². The number of para-hydroxylation sites is 2. The molecule has 7 nitrogen and oxygen atoms in total. The van der Waals surface area contributed by atoms with Gasteiger partial charge in [0, 0.05) is 19.2 Å². The fourth-order valence-corrected chi connectivity index (χ4v) is 3.88. The van der Waals surface area contributed by atoms with Crippen molar-refractivity contribution in [2.75, 3.05) is 5.32 Å². The second kappa shape index (κ2) is 7.30. The van der Waals surface area contributed by atoms with E-state index in [4.69, 9.17) is 0 Å². The number of aryl methyl sites for hydroxylation is 1. The van der Waals surface area contributed by atoms with E-state index in [0.717, 1.165) is 22.8 Å². The lowest BCUT2D eigenvalue weighted by atomic mass is 10.2. The highest BCUT2D eigenvalue weighted by Crippen LogP contribution is 2.33. The summed E-state index contributed by atoms with van der Waals surface area (Å²) in [5.41, 5.74) is -1.80. The normalized spacial score (nSPS) is 13.5. The predicted octanol–water partition coefficient (Wildman–Crippen LogP) is 3.21. The summed E-state index contributed by atoms with van der Waals surface area (Å²) in [6.07, 6.45) is 1.35. The molecule has 0 amide bonds. The van der Waals surface area contributed by atoms with Crippen molar-refractivity contribution >= 4 is 22.4 Å². The summed E-state index contributed by atoms with van der Waals surface area (Å²) >= 11 is 0. The van der Waals surface area contributed by atoms with E-state index in [9.17, 15) is 23.2 Å². The molecule has 1 N–H and O–H groups in total. The van der Waals surface area contributed by atoms with Crippen molar-refractivity contribution < 1.29 is 8.78 Å². The van der Waals surface area contributed by atoms with Gasteiger partial charge in [-0.05, 0) is 37.1 Å². The molecule has 0 atom stereocenters. The largest absolute Gasteiger partial charge is 0.350 e. The van der Waals surface area contributed by atoms with Crippen molar-refractivity contribution in [3.05, 3.63) is 97.4 Å². The first-order chi connectivity index (χ1) is 15.4. The van der Waals surface area contributed by atoms with Crippen molar-refractivity contribution in [2.45, 2.75) is 18.9 Å². The number of halogens is 2. The Hall–Kier alpha value is -4.01. The van der Waals surface area contributed by atoms with Gasteiger partial charge in [-0.15, -0.1) is 0 Å². The van der Waals surface area contributed by atoms with Crippen molar-refractivity contribution in [1.82, 2.24) is 13.7 Å². The van der Waals surface area contributed by atoms with E-state index in [0.29, 0.717) is 18.5 Å². The van der Waals surface area contributed by atoms with Gasteiger partial charge >= 0.3 is 5.69 Å². The van der Waals surface area contributed by atoms with Crippen LogP contribution in [-0.4, -0.2) is 13.7 Å². The van der Waals surface area contributed by atoms with Crippen LogP contribution in [0.3, 0.4) is 0 Å². The van der Waals surface area contributed by atoms with Gasteiger partial charge in [0.05, 0.1) is 11.4 Å². The van der Waals surface area contributed by atoms with Gasteiger partial charge in [0.2, 0.25) is 0 Å². The van der Waals surface area contributed by atoms with E-state index >= 15 is 0 Å². The predicted molar refractivity (Wildman–Crippen MR) is 117 cm³/mol. The molecule has 32 heavy (non-hydrogen) atoms. The first-order valence-electron chi connectivity index (χ1n) is 10.1. The zero-order valence-electron chi connectivity index (χ0n) is 17.0. The smallest absolute Gasteiger partial charge is 0.337 e. The maximum atomic E-state index is 14.3. The van der Waals surface area contributed by atoms with Gasteiger partial charge in [0.1, 0.15) is 28.4 Å². The molecule has 1 fully saturated rings. The lowest BCUT2D eigenvalue weighted by Gasteiger charge is -2.19. The maximum Gasteiger partial charge on any atom is 0.337 e. The molecule has 4 aromatic rings. The van der Waals surface area contributed by atoms with E-state index < -0.39 is 34.1 Å². The third-order valence-electron chi connectivity index (χ3n) is 5.60. The first kappa shape index (κ1) is 19.9. The van der Waals surface area contributed by atoms with Crippen LogP contribution < -0.4 is 22.1 Å². The topological polar surface area (TPSA) is 78.0 Å². The molecule has 1 aliphatic carbocycles. The Balaban J connectivity index is 1.93. The number of nitrogens with one attached hydrogen (secondary N) is 1. The van der Waals surface area contributed by atoms with Crippen LogP contribution in [0.15, 0.2) is 69.0 Å². The Morgan fingerprint density at radius 2 is 1.59 bits per heavy atom. The molecule has 0 aliphatic heterocycles. The van der Waals surface area contributed by atoms with E-state index in [2.05, 4.69) is 5.32 Å². The zero-order valence-corrected chi connectivity index (χ0v) is 17.0. The molecule has 0 spiro atoms. The zero-order chi connectivity index (χ0) is 22.6. The molecule has 0 bridgehead atoms. The Morgan fingerprint density at radius 3 is 2.22 bits per heavy atom. The molecular weight excluding hydrogens is 418 g/mol. The van der Waals surface area contributed by atoms with Crippen molar-refractivity contribution in [3.63, 3.8) is 0 Å². The molecule has 1 saturated carbocycles. The summed E-state index contributed by atoms with van der Waals surface area (Å²) in [5, 5.41) is 2.58. The minimum absolute atomic E-state index is 0.00916. The molecule has 2 aromatic carbocycles. The summed E-state index contributed by atoms with van der Waals surface area (Å²) in [4.78, 5) is 39.6. The number of aromatic nitrogens is 3. The minimum Gasteiger partial charge on any atom is -0.350 e. The highest BCUT2D eigenvalue weighted by Gasteiger charge is 2.31. The van der Waals surface area contributed by atoms with Crippen LogP contribution in [-0.2, 0) is 7.05 Å². The number of nitrogens with zero attached hydrogens (tertiary/aromatic N) is 3. The molecule has 2 heterocycles. The average Bonchev–Trinajstić information content (AvgIpc) is 3.60. The second-order valence-electron chi connectivity index (χ2n) is 7.74. The van der Waals surface area contributed by atoms with E-state index in [-0.39, 0.29) is 22.8 Å². The van der Waals surface area contributed by atoms with Gasteiger partial charge in [-0.1, -0.05) is 24.3 Å². The van der Waals surface area contributed by atoms with Gasteiger partial charge in [0.15, 0.2) is 0 Å². The second-order valence-corrected chi connectivity index (χ2v) is 7.74. The van der Waals surface area contributed by atoms with Crippen LogP contribution in [0.5, 0.6) is 0 Å². The molecule has 5 rings (SSSR count). The number of benzene rings is 2. The molecule has 0 radical (unpaired) electrons. The number of pyridine rings is 1. The van der Waals surface area contributed by atoms with E-state index in [1.807, 2.05) is 0 Å². The standard InChI is InChI=1S/C23H18F2N4O3/c1-27-18(30)12-17(26-20-15(24)8-5-9-16(20)25)19-21(27)28(13-6-3-2-4-7-13)23(32)29(22(19)31)14-10-11-14/h2-9,12,14,26H,10-11H2,1H3. The Labute approximate surface area is 179 Å². The number of hydrogen-bond donors (Lipinski definition) is 1. The first-order valence-corrected chi connectivity index (χ1v) is 10.1. The summed E-state index contributed by atoms with van der Waals surface area (Å²) < 4.78 is 32.3. The lowest BCUT2D eigenvalue weighted by molar-refractivity contribution is 0.590. The summed E-state index contributed by atoms with van der Waals surface area (Å²) in [7, 11) is 1.44. The highest BCUT2D eigenvalue weighted by molar-refractivity contribution is 5.91. The van der Waals surface area contributed by atoms with Crippen molar-refractivity contribution in [3.8, 4) is 5.69 Å². The highest BCUT2D eigenvalue weighted by atomic mass is 19.1. The van der Waals surface area contributed by atoms with Crippen LogP contribution in [0.1, 0.15) is 18.9 Å². The molecule has 1 aliphatic rings. The number of rotatable bonds is 4. The van der Waals surface area contributed by atoms with Crippen molar-refractivity contribution in [1.29, 1.82) is 0 Å². The van der Waals surface area contributed by atoms with Crippen LogP contribution in [0.25, 0.3) is 16.7 Å². The van der Waals surface area contributed by atoms with Gasteiger partial charge in [0.25, 0.3) is 11.1 Å². The van der Waals surface area contributed by atoms with Gasteiger partial charge in [-0.3, -0.25) is 18.7 Å². The maximum absolute atomic E-state index is 14.3. The molecule has 2 aromatic heterocycles. The lowest BCUT2D eigenvalue weighted by Crippen LogP contribution is -2.41. The van der Waals surface area contributed by atoms with Crippen molar-refractivity contribution in [2.24, 2.45) is 7.05 Å². The number of anilines is 2. The molecular formula is C23H18F2N4O3. The Kier molecular flexibility index (Phi) is 4.54. The summed E-state index contributed by atoms with van der Waals surface area (Å²) in [6, 6.07) is 12.8. The fraction of sp³-hybridized carbons (Fsp3) is 0.174. The molecule has 0 unspecified atom stereocenters. The SMILES string of the molecule is Cn1c(=O)cc(Nc2c(F)cccc2F)c2c(=O)n(C3CC3)c(=O)n(-c3ccccc3)c21.